The van der Waals surface area contributed by atoms with E-state index in [1.165, 1.54) is 0 Å². The number of benzene rings is 2. The van der Waals surface area contributed by atoms with E-state index in [0.29, 0.717) is 23.3 Å². The van der Waals surface area contributed by atoms with E-state index < -0.39 is 0 Å². The minimum Gasteiger partial charge on any atom is -0.486 e. The van der Waals surface area contributed by atoms with Crippen molar-refractivity contribution in [1.29, 1.82) is 0 Å². The first-order valence-corrected chi connectivity index (χ1v) is 10.2. The molecule has 1 N–H and O–H groups in total. The molecule has 2 aliphatic rings. The number of ether oxygens (including phenoxy) is 2. The quantitative estimate of drug-likeness (QED) is 0.611. The second kappa shape index (κ2) is 7.22. The first-order chi connectivity index (χ1) is 13.7. The zero-order valence-corrected chi connectivity index (χ0v) is 16.7. The molecular weight excluding hydrogens is 397 g/mol. The van der Waals surface area contributed by atoms with Crippen LogP contribution in [0.1, 0.15) is 18.4 Å². The van der Waals surface area contributed by atoms with Gasteiger partial charge < -0.3 is 14.8 Å². The Bertz CT molecular complexity index is 1050. The number of anilines is 1. The fourth-order valence-electron chi connectivity index (χ4n) is 3.75. The first-order valence-electron chi connectivity index (χ1n) is 9.42. The van der Waals surface area contributed by atoms with Gasteiger partial charge >= 0.3 is 0 Å². The molecule has 5 nitrogen and oxygen atoms in total. The van der Waals surface area contributed by atoms with Crippen LogP contribution >= 0.6 is 23.2 Å². The molecule has 0 aliphatic carbocycles. The van der Waals surface area contributed by atoms with E-state index in [1.54, 1.807) is 6.07 Å². The molecule has 0 bridgehead atoms. The van der Waals surface area contributed by atoms with E-state index in [2.05, 4.69) is 5.32 Å². The van der Waals surface area contributed by atoms with Gasteiger partial charge in [0.2, 0.25) is 0 Å². The molecule has 0 atom stereocenters. The average Bonchev–Trinajstić information content (AvgIpc) is 2.90. The smallest absolute Gasteiger partial charge is 0.163 e. The fraction of sp³-hybridized carbons (Fsp3) is 0.286. The molecule has 2 aliphatic heterocycles. The second-order valence-corrected chi connectivity index (χ2v) is 7.77. The first kappa shape index (κ1) is 17.7. The fourth-order valence-corrected chi connectivity index (χ4v) is 4.13. The van der Waals surface area contributed by atoms with Crippen molar-refractivity contribution in [3.05, 3.63) is 52.0 Å². The van der Waals surface area contributed by atoms with Crippen molar-refractivity contribution >= 4 is 29.0 Å². The van der Waals surface area contributed by atoms with E-state index in [9.17, 15) is 0 Å². The van der Waals surface area contributed by atoms with Crippen LogP contribution in [0.25, 0.3) is 16.9 Å². The van der Waals surface area contributed by atoms with Crippen LogP contribution in [0.5, 0.6) is 11.5 Å². The summed E-state index contributed by atoms with van der Waals surface area (Å²) in [4.78, 5) is 0. The number of rotatable bonds is 2. The largest absolute Gasteiger partial charge is 0.486 e. The Kier molecular flexibility index (Phi) is 4.57. The summed E-state index contributed by atoms with van der Waals surface area (Å²) >= 11 is 12.7. The van der Waals surface area contributed by atoms with Crippen LogP contribution in [0, 0.1) is 0 Å². The molecule has 0 radical (unpaired) electrons. The van der Waals surface area contributed by atoms with Gasteiger partial charge in [-0.15, -0.1) is 0 Å². The van der Waals surface area contributed by atoms with Gasteiger partial charge in [0.15, 0.2) is 11.5 Å². The van der Waals surface area contributed by atoms with Crippen molar-refractivity contribution in [1.82, 2.24) is 9.78 Å². The Balaban J connectivity index is 1.69. The summed E-state index contributed by atoms with van der Waals surface area (Å²) in [5.41, 5.74) is 3.80. The molecule has 0 fully saturated rings. The number of hydrogen-bond donors (Lipinski definition) is 1. The summed E-state index contributed by atoms with van der Waals surface area (Å²) in [7, 11) is 0. The molecule has 0 saturated carbocycles. The lowest BCUT2D eigenvalue weighted by Crippen LogP contribution is -2.15. The molecule has 7 heteroatoms. The number of aromatic nitrogens is 2. The van der Waals surface area contributed by atoms with Crippen molar-refractivity contribution in [2.75, 3.05) is 25.1 Å². The van der Waals surface area contributed by atoms with Gasteiger partial charge in [-0.3, -0.25) is 0 Å². The highest BCUT2D eigenvalue weighted by Crippen LogP contribution is 2.39. The van der Waals surface area contributed by atoms with Gasteiger partial charge in [0.25, 0.3) is 0 Å². The van der Waals surface area contributed by atoms with Gasteiger partial charge in [0.05, 0.1) is 16.4 Å². The maximum absolute atomic E-state index is 6.50. The Morgan fingerprint density at radius 3 is 2.71 bits per heavy atom. The van der Waals surface area contributed by atoms with Crippen LogP contribution in [-0.2, 0) is 6.42 Å². The molecule has 28 heavy (non-hydrogen) atoms. The number of nitrogens with one attached hydrogen (secondary N) is 1. The Morgan fingerprint density at radius 1 is 0.964 bits per heavy atom. The molecule has 2 aromatic carbocycles. The number of nitrogens with zero attached hydrogens (tertiary/aromatic N) is 2. The van der Waals surface area contributed by atoms with Gasteiger partial charge in [-0.2, -0.15) is 5.10 Å². The van der Waals surface area contributed by atoms with Crippen LogP contribution in [0.15, 0.2) is 36.4 Å². The highest BCUT2D eigenvalue weighted by atomic mass is 35.5. The van der Waals surface area contributed by atoms with Gasteiger partial charge in [0.1, 0.15) is 19.0 Å². The van der Waals surface area contributed by atoms with Crippen LogP contribution in [0.2, 0.25) is 10.0 Å². The van der Waals surface area contributed by atoms with Crippen LogP contribution in [0.4, 0.5) is 5.82 Å². The van der Waals surface area contributed by atoms with Crippen molar-refractivity contribution in [2.45, 2.75) is 19.3 Å². The van der Waals surface area contributed by atoms with Gasteiger partial charge in [0, 0.05) is 28.8 Å². The summed E-state index contributed by atoms with van der Waals surface area (Å²) in [5.74, 6) is 2.50. The van der Waals surface area contributed by atoms with Crippen molar-refractivity contribution in [3.63, 3.8) is 0 Å². The number of hydrogen-bond acceptors (Lipinski definition) is 4. The Hall–Kier alpha value is -2.37. The highest BCUT2D eigenvalue weighted by Gasteiger charge is 2.24. The molecule has 1 aromatic heterocycles. The Labute approximate surface area is 173 Å². The van der Waals surface area contributed by atoms with E-state index in [-0.39, 0.29) is 0 Å². The molecule has 0 amide bonds. The molecule has 5 rings (SSSR count). The normalized spacial score (nSPS) is 15.5. The van der Waals surface area contributed by atoms with Gasteiger partial charge in [-0.1, -0.05) is 23.2 Å². The molecular formula is C21H19Cl2N3O2. The molecule has 3 aromatic rings. The second-order valence-electron chi connectivity index (χ2n) is 6.92. The maximum Gasteiger partial charge on any atom is 0.163 e. The molecule has 3 heterocycles. The van der Waals surface area contributed by atoms with Gasteiger partial charge in [-0.25, -0.2) is 4.68 Å². The van der Waals surface area contributed by atoms with E-state index in [1.807, 2.05) is 35.0 Å². The summed E-state index contributed by atoms with van der Waals surface area (Å²) in [6.07, 6.45) is 3.14. The third kappa shape index (κ3) is 3.09. The monoisotopic (exact) mass is 415 g/mol. The minimum atomic E-state index is 0.551. The maximum atomic E-state index is 6.50. The average molecular weight is 416 g/mol. The van der Waals surface area contributed by atoms with E-state index >= 15 is 0 Å². The predicted molar refractivity (Wildman–Crippen MR) is 111 cm³/mol. The zero-order valence-electron chi connectivity index (χ0n) is 15.2. The molecule has 0 spiro atoms. The van der Waals surface area contributed by atoms with Crippen LogP contribution in [0.3, 0.4) is 0 Å². The van der Waals surface area contributed by atoms with Gasteiger partial charge in [-0.05, 0) is 49.6 Å². The molecule has 0 unspecified atom stereocenters. The van der Waals surface area contributed by atoms with E-state index in [0.717, 1.165) is 65.6 Å². The Morgan fingerprint density at radius 2 is 1.82 bits per heavy atom. The summed E-state index contributed by atoms with van der Waals surface area (Å²) < 4.78 is 13.3. The SMILES string of the molecule is Clc1ccc(Cl)c(-c2nn(-c3ccc4c(c3)OCCO4)c3c2CCCCN3)c1. The topological polar surface area (TPSA) is 48.3 Å². The van der Waals surface area contributed by atoms with Crippen LogP contribution in [-0.4, -0.2) is 29.5 Å². The summed E-state index contributed by atoms with van der Waals surface area (Å²) in [5, 5.41) is 9.77. The van der Waals surface area contributed by atoms with E-state index in [4.69, 9.17) is 37.8 Å². The van der Waals surface area contributed by atoms with Crippen molar-refractivity contribution in [3.8, 4) is 28.4 Å². The molecule has 144 valence electrons. The number of halogens is 2. The minimum absolute atomic E-state index is 0.551. The lowest BCUT2D eigenvalue weighted by molar-refractivity contribution is 0.171. The van der Waals surface area contributed by atoms with Crippen molar-refractivity contribution in [2.24, 2.45) is 0 Å². The number of fused-ring (bicyclic) bond motifs is 2. The summed E-state index contributed by atoms with van der Waals surface area (Å²) in [6, 6.07) is 11.4. The zero-order chi connectivity index (χ0) is 19.1. The standard InChI is InChI=1S/C21H19Cl2N3O2/c22-13-4-6-17(23)16(11-13)20-15-3-1-2-8-24-21(15)26(25-20)14-5-7-18-19(12-14)28-10-9-27-18/h4-7,11-12,24H,1-3,8-10H2. The summed E-state index contributed by atoms with van der Waals surface area (Å²) in [6.45, 7) is 2.03. The predicted octanol–water partition coefficient (Wildman–Crippen LogP) is 5.37. The molecule has 0 saturated heterocycles. The third-order valence-corrected chi connectivity index (χ3v) is 5.65. The third-order valence-electron chi connectivity index (χ3n) is 5.08. The lowest BCUT2D eigenvalue weighted by atomic mass is 10.0. The highest BCUT2D eigenvalue weighted by molar-refractivity contribution is 6.35. The van der Waals surface area contributed by atoms with Crippen molar-refractivity contribution < 1.29 is 9.47 Å². The lowest BCUT2D eigenvalue weighted by Gasteiger charge is -2.19. The van der Waals surface area contributed by atoms with Crippen LogP contribution < -0.4 is 14.8 Å².